The topological polar surface area (TPSA) is 51.9 Å². The smallest absolute Gasteiger partial charge is 0.292 e. The second-order valence-electron chi connectivity index (χ2n) is 4.33. The lowest BCUT2D eigenvalue weighted by molar-refractivity contribution is -0.580. The van der Waals surface area contributed by atoms with E-state index >= 15 is 0 Å². The minimum atomic E-state index is -0.545. The van der Waals surface area contributed by atoms with E-state index in [2.05, 4.69) is 10.3 Å². The third kappa shape index (κ3) is 2.57. The van der Waals surface area contributed by atoms with Gasteiger partial charge in [0.05, 0.1) is 10.4 Å². The highest BCUT2D eigenvalue weighted by atomic mass is 35.5. The first-order chi connectivity index (χ1) is 10.0. The molecule has 106 valence electrons. The molecule has 1 heterocycles. The molecule has 0 fully saturated rings. The molecule has 0 bridgehead atoms. The highest BCUT2D eigenvalue weighted by molar-refractivity contribution is 6.31. The zero-order chi connectivity index (χ0) is 15.0. The summed E-state index contributed by atoms with van der Waals surface area (Å²) >= 11 is 5.70. The van der Waals surface area contributed by atoms with Crippen molar-refractivity contribution in [3.63, 3.8) is 0 Å². The van der Waals surface area contributed by atoms with Crippen molar-refractivity contribution < 1.29 is 13.5 Å². The van der Waals surface area contributed by atoms with Crippen LogP contribution in [0.1, 0.15) is 0 Å². The van der Waals surface area contributed by atoms with E-state index in [0.29, 0.717) is 15.8 Å². The molecule has 0 saturated heterocycles. The van der Waals surface area contributed by atoms with Gasteiger partial charge in [-0.1, -0.05) is 11.6 Å². The van der Waals surface area contributed by atoms with Gasteiger partial charge in [0, 0.05) is 5.69 Å². The van der Waals surface area contributed by atoms with Crippen LogP contribution in [-0.2, 0) is 0 Å². The molecule has 2 aromatic carbocycles. The maximum absolute atomic E-state index is 13.4. The second-order valence-corrected chi connectivity index (χ2v) is 4.74. The minimum Gasteiger partial charge on any atom is -0.710 e. The number of rotatable bonds is 2. The zero-order valence-corrected chi connectivity index (χ0v) is 11.2. The number of benzene rings is 2. The second kappa shape index (κ2) is 5.14. The van der Waals surface area contributed by atoms with Crippen LogP contribution in [0.2, 0.25) is 5.02 Å². The summed E-state index contributed by atoms with van der Waals surface area (Å²) in [7, 11) is 0. The Labute approximate surface area is 123 Å². The number of hydrogen-bond donors (Lipinski definition) is 1. The summed E-state index contributed by atoms with van der Waals surface area (Å²) in [5.41, 5.74) is 0.741. The molecule has 0 unspecified atom stereocenters. The van der Waals surface area contributed by atoms with E-state index in [1.807, 2.05) is 0 Å². The van der Waals surface area contributed by atoms with Gasteiger partial charge in [0.15, 0.2) is 0 Å². The fraction of sp³-hybridized carbons (Fsp3) is 0. The Bertz CT molecular complexity index is 842. The molecule has 21 heavy (non-hydrogen) atoms. The van der Waals surface area contributed by atoms with Crippen LogP contribution in [-0.4, -0.2) is 4.98 Å². The minimum absolute atomic E-state index is 0.0506. The molecule has 0 aliphatic heterocycles. The fourth-order valence-electron chi connectivity index (χ4n) is 1.94. The van der Waals surface area contributed by atoms with Gasteiger partial charge in [-0.15, -0.1) is 0 Å². The van der Waals surface area contributed by atoms with Gasteiger partial charge in [-0.2, -0.15) is 0 Å². The SMILES string of the molecule is [O-][n+]1cnc(Nc2ccc(F)c(Cl)c2)c2cc(F)ccc21. The van der Waals surface area contributed by atoms with Crippen molar-refractivity contribution in [2.45, 2.75) is 0 Å². The van der Waals surface area contributed by atoms with Crippen LogP contribution in [0.3, 0.4) is 0 Å². The van der Waals surface area contributed by atoms with E-state index in [4.69, 9.17) is 11.6 Å². The van der Waals surface area contributed by atoms with Crippen molar-refractivity contribution in [2.75, 3.05) is 5.32 Å². The molecule has 1 aromatic heterocycles. The van der Waals surface area contributed by atoms with Gasteiger partial charge in [0.2, 0.25) is 0 Å². The first-order valence-corrected chi connectivity index (χ1v) is 6.32. The molecule has 0 saturated carbocycles. The number of anilines is 2. The molecule has 0 aliphatic carbocycles. The van der Waals surface area contributed by atoms with Crippen molar-refractivity contribution in [1.29, 1.82) is 0 Å². The lowest BCUT2D eigenvalue weighted by Crippen LogP contribution is -2.27. The maximum Gasteiger partial charge on any atom is 0.292 e. The number of nitrogens with zero attached hydrogens (tertiary/aromatic N) is 2. The predicted octanol–water partition coefficient (Wildman–Crippen LogP) is 3.54. The van der Waals surface area contributed by atoms with E-state index in [9.17, 15) is 14.0 Å². The Morgan fingerprint density at radius 1 is 1.14 bits per heavy atom. The predicted molar refractivity (Wildman–Crippen MR) is 75.4 cm³/mol. The van der Waals surface area contributed by atoms with E-state index in [1.54, 1.807) is 0 Å². The maximum atomic E-state index is 13.4. The van der Waals surface area contributed by atoms with Gasteiger partial charge in [-0.05, 0) is 41.4 Å². The lowest BCUT2D eigenvalue weighted by Gasteiger charge is -2.09. The molecule has 7 heteroatoms. The number of aromatic nitrogens is 2. The number of hydrogen-bond acceptors (Lipinski definition) is 3. The summed E-state index contributed by atoms with van der Waals surface area (Å²) in [6.07, 6.45) is 1.06. The largest absolute Gasteiger partial charge is 0.710 e. The monoisotopic (exact) mass is 307 g/mol. The summed E-state index contributed by atoms with van der Waals surface area (Å²) in [4.78, 5) is 3.93. The Morgan fingerprint density at radius 2 is 1.95 bits per heavy atom. The highest BCUT2D eigenvalue weighted by Crippen LogP contribution is 2.25. The van der Waals surface area contributed by atoms with Crippen molar-refractivity contribution in [1.82, 2.24) is 4.98 Å². The van der Waals surface area contributed by atoms with Crippen LogP contribution in [0.15, 0.2) is 42.7 Å². The normalized spacial score (nSPS) is 10.8. The summed E-state index contributed by atoms with van der Waals surface area (Å²) in [5.74, 6) is -0.758. The van der Waals surface area contributed by atoms with Crippen LogP contribution >= 0.6 is 11.6 Å². The number of halogens is 3. The van der Waals surface area contributed by atoms with E-state index in [0.717, 1.165) is 6.33 Å². The summed E-state index contributed by atoms with van der Waals surface area (Å²) in [6.45, 7) is 0. The molecule has 3 aromatic rings. The van der Waals surface area contributed by atoms with Crippen molar-refractivity contribution in [2.24, 2.45) is 0 Å². The molecule has 0 radical (unpaired) electrons. The Kier molecular flexibility index (Phi) is 3.31. The molecule has 3 rings (SSSR count). The molecule has 1 N–H and O–H groups in total. The third-order valence-electron chi connectivity index (χ3n) is 2.93. The molecule has 0 aliphatic rings. The van der Waals surface area contributed by atoms with Gasteiger partial charge >= 0.3 is 0 Å². The first kappa shape index (κ1) is 13.5. The lowest BCUT2D eigenvalue weighted by atomic mass is 10.2. The van der Waals surface area contributed by atoms with Crippen molar-refractivity contribution in [3.8, 4) is 0 Å². The van der Waals surface area contributed by atoms with Crippen LogP contribution in [0.25, 0.3) is 10.9 Å². The van der Waals surface area contributed by atoms with Crippen LogP contribution in [0, 0.1) is 16.8 Å². The van der Waals surface area contributed by atoms with Crippen LogP contribution in [0.5, 0.6) is 0 Å². The van der Waals surface area contributed by atoms with Crippen LogP contribution < -0.4 is 10.0 Å². The summed E-state index contributed by atoms with van der Waals surface area (Å²) in [6, 6.07) is 7.79. The molecule has 0 atom stereocenters. The molecular weight excluding hydrogens is 300 g/mol. The van der Waals surface area contributed by atoms with E-state index in [1.165, 1.54) is 36.4 Å². The van der Waals surface area contributed by atoms with Gasteiger partial charge in [-0.3, -0.25) is 0 Å². The average molecular weight is 308 g/mol. The Morgan fingerprint density at radius 3 is 2.71 bits per heavy atom. The summed E-state index contributed by atoms with van der Waals surface area (Å²) in [5, 5.41) is 14.8. The van der Waals surface area contributed by atoms with Gasteiger partial charge < -0.3 is 10.5 Å². The first-order valence-electron chi connectivity index (χ1n) is 5.94. The Hall–Kier alpha value is -2.47. The number of fused-ring (bicyclic) bond motifs is 1. The molecule has 0 amide bonds. The van der Waals surface area contributed by atoms with Gasteiger partial charge in [0.1, 0.15) is 17.2 Å². The van der Waals surface area contributed by atoms with Gasteiger partial charge in [-0.25, -0.2) is 13.5 Å². The Balaban J connectivity index is 2.10. The average Bonchev–Trinajstić information content (AvgIpc) is 2.46. The van der Waals surface area contributed by atoms with Crippen molar-refractivity contribution >= 4 is 34.0 Å². The quantitative estimate of drug-likeness (QED) is 0.582. The van der Waals surface area contributed by atoms with Crippen LogP contribution in [0.4, 0.5) is 20.3 Å². The summed E-state index contributed by atoms with van der Waals surface area (Å²) < 4.78 is 27.0. The fourth-order valence-corrected chi connectivity index (χ4v) is 2.12. The molecular formula is C14H8ClF2N3O. The highest BCUT2D eigenvalue weighted by Gasteiger charge is 2.13. The zero-order valence-electron chi connectivity index (χ0n) is 10.5. The van der Waals surface area contributed by atoms with Crippen molar-refractivity contribution in [3.05, 3.63) is 64.6 Å². The number of nitrogens with one attached hydrogen (secondary N) is 1. The standard InChI is InChI=1S/C14H8ClF2N3O/c15-11-6-9(2-3-12(11)17)19-14-10-5-8(16)1-4-13(10)20(21)7-18-14/h1-7H,(H,18,19). The van der Waals surface area contributed by atoms with Gasteiger partial charge in [0.25, 0.3) is 12.1 Å². The van der Waals surface area contributed by atoms with E-state index < -0.39 is 11.6 Å². The molecule has 4 nitrogen and oxygen atoms in total. The third-order valence-corrected chi connectivity index (χ3v) is 3.21. The van der Waals surface area contributed by atoms with E-state index in [-0.39, 0.29) is 16.4 Å². The molecule has 0 spiro atoms.